The second kappa shape index (κ2) is 7.48. The first-order valence-electron chi connectivity index (χ1n) is 10.6. The molecule has 0 unspecified atom stereocenters. The minimum absolute atomic E-state index is 0.0854. The highest BCUT2D eigenvalue weighted by atomic mass is 35.5. The minimum atomic E-state index is -0.381. The lowest BCUT2D eigenvalue weighted by Gasteiger charge is -2.20. The van der Waals surface area contributed by atoms with Crippen LogP contribution in [0.4, 0.5) is 11.6 Å². The number of anilines is 2. The monoisotopic (exact) mass is 453 g/mol. The number of fused-ring (bicyclic) bond motifs is 2. The van der Waals surface area contributed by atoms with Crippen LogP contribution in [0.3, 0.4) is 0 Å². The largest absolute Gasteiger partial charge is 0.370 e. The molecule has 2 amide bonds. The highest BCUT2D eigenvalue weighted by Crippen LogP contribution is 2.51. The number of pyridine rings is 1. The minimum Gasteiger partial charge on any atom is -0.370 e. The third kappa shape index (κ3) is 3.58. The van der Waals surface area contributed by atoms with E-state index in [1.54, 1.807) is 6.20 Å². The molecule has 9 heteroatoms. The van der Waals surface area contributed by atoms with Gasteiger partial charge in [0.2, 0.25) is 11.8 Å². The number of carbonyl (C=O) groups excluding carboxylic acids is 2. The van der Waals surface area contributed by atoms with Gasteiger partial charge in [0, 0.05) is 42.6 Å². The molecular formula is C23H24ClN5O3. The molecule has 166 valence electrons. The van der Waals surface area contributed by atoms with E-state index >= 15 is 0 Å². The van der Waals surface area contributed by atoms with Gasteiger partial charge in [-0.3, -0.25) is 14.5 Å². The lowest BCUT2D eigenvalue weighted by Crippen LogP contribution is -2.35. The second-order valence-electron chi connectivity index (χ2n) is 9.21. The molecule has 0 saturated heterocycles. The van der Waals surface area contributed by atoms with Crippen LogP contribution >= 0.6 is 11.6 Å². The molecule has 8 nitrogen and oxygen atoms in total. The highest BCUT2D eigenvalue weighted by molar-refractivity contribution is 6.30. The Morgan fingerprint density at radius 2 is 2.16 bits per heavy atom. The topological polar surface area (TPSA) is 114 Å². The number of rotatable bonds is 6. The normalized spacial score (nSPS) is 20.9. The molecule has 1 aliphatic heterocycles. The maximum atomic E-state index is 13.4. The SMILES string of the molecule is CC1(C)CN(C(=O)[C@@H]2C[C@H]2c2ccc3onc(NCCC(N)=O)c3c2)c2ncc(Cl)cc21. The molecule has 5 rings (SSSR count). The number of hydrogen-bond acceptors (Lipinski definition) is 6. The molecule has 1 saturated carbocycles. The zero-order chi connectivity index (χ0) is 22.6. The number of primary amides is 1. The Morgan fingerprint density at radius 3 is 2.94 bits per heavy atom. The van der Waals surface area contributed by atoms with Crippen molar-refractivity contribution in [3.8, 4) is 0 Å². The van der Waals surface area contributed by atoms with Crippen molar-refractivity contribution in [3.05, 3.63) is 46.6 Å². The Labute approximate surface area is 190 Å². The molecule has 0 radical (unpaired) electrons. The smallest absolute Gasteiger partial charge is 0.231 e. The fourth-order valence-corrected chi connectivity index (χ4v) is 4.70. The number of carbonyl (C=O) groups is 2. The number of nitrogens with zero attached hydrogens (tertiary/aromatic N) is 3. The fraction of sp³-hybridized carbons (Fsp3) is 0.391. The lowest BCUT2D eigenvalue weighted by molar-refractivity contribution is -0.120. The average Bonchev–Trinajstić information content (AvgIpc) is 3.38. The van der Waals surface area contributed by atoms with Gasteiger partial charge in [0.1, 0.15) is 5.82 Å². The Morgan fingerprint density at radius 1 is 1.34 bits per heavy atom. The van der Waals surface area contributed by atoms with E-state index in [1.165, 1.54) is 0 Å². The Bertz CT molecular complexity index is 1240. The van der Waals surface area contributed by atoms with Crippen LogP contribution in [0.2, 0.25) is 5.02 Å². The van der Waals surface area contributed by atoms with E-state index in [-0.39, 0.29) is 35.5 Å². The van der Waals surface area contributed by atoms with Gasteiger partial charge in [-0.25, -0.2) is 4.98 Å². The van der Waals surface area contributed by atoms with E-state index in [0.717, 1.165) is 22.9 Å². The summed E-state index contributed by atoms with van der Waals surface area (Å²) < 4.78 is 5.37. The second-order valence-corrected chi connectivity index (χ2v) is 9.65. The van der Waals surface area contributed by atoms with Crippen molar-refractivity contribution in [3.63, 3.8) is 0 Å². The Balaban J connectivity index is 1.34. The lowest BCUT2D eigenvalue weighted by atomic mass is 9.88. The standard InChI is InChI=1S/C23H24ClN5O3/c1-23(2)11-29(21-17(23)8-13(24)10-27-21)22(31)15-9-14(15)12-3-4-18-16(7-12)20(28-32-18)26-6-5-19(25)30/h3-4,7-8,10,14-15H,5-6,9,11H2,1-2H3,(H2,25,30)(H,26,28)/t14-,15+/m0/s1. The maximum absolute atomic E-state index is 13.4. The van der Waals surface area contributed by atoms with Crippen LogP contribution in [0, 0.1) is 5.92 Å². The first-order chi connectivity index (χ1) is 15.2. The van der Waals surface area contributed by atoms with Crippen molar-refractivity contribution in [2.45, 2.75) is 38.0 Å². The Hall–Kier alpha value is -3.13. The molecule has 0 spiro atoms. The number of halogens is 1. The summed E-state index contributed by atoms with van der Waals surface area (Å²) in [6.45, 7) is 5.19. The summed E-state index contributed by atoms with van der Waals surface area (Å²) in [7, 11) is 0. The van der Waals surface area contributed by atoms with Gasteiger partial charge < -0.3 is 15.6 Å². The van der Waals surface area contributed by atoms with E-state index in [1.807, 2.05) is 29.2 Å². The number of nitrogens with two attached hydrogens (primary N) is 1. The number of aromatic nitrogens is 2. The average molecular weight is 454 g/mol. The predicted molar refractivity (Wildman–Crippen MR) is 122 cm³/mol. The van der Waals surface area contributed by atoms with E-state index in [9.17, 15) is 9.59 Å². The first-order valence-corrected chi connectivity index (χ1v) is 11.0. The van der Waals surface area contributed by atoms with Crippen molar-refractivity contribution >= 4 is 46.0 Å². The molecule has 3 N–H and O–H groups in total. The molecule has 3 heterocycles. The summed E-state index contributed by atoms with van der Waals surface area (Å²) >= 11 is 6.15. The number of amides is 2. The van der Waals surface area contributed by atoms with Gasteiger partial charge >= 0.3 is 0 Å². The summed E-state index contributed by atoms with van der Waals surface area (Å²) in [5.41, 5.74) is 7.73. The van der Waals surface area contributed by atoms with Gasteiger partial charge in [-0.2, -0.15) is 0 Å². The molecule has 1 fully saturated rings. The van der Waals surface area contributed by atoms with Gasteiger partial charge in [0.05, 0.1) is 10.4 Å². The van der Waals surface area contributed by atoms with Gasteiger partial charge in [-0.15, -0.1) is 0 Å². The fourth-order valence-electron chi connectivity index (χ4n) is 4.54. The van der Waals surface area contributed by atoms with Crippen LogP contribution in [-0.2, 0) is 15.0 Å². The van der Waals surface area contributed by atoms with E-state index in [0.29, 0.717) is 35.3 Å². The molecule has 1 aliphatic carbocycles. The molecule has 0 bridgehead atoms. The molecule has 1 aromatic carbocycles. The van der Waals surface area contributed by atoms with Gasteiger partial charge in [-0.05, 0) is 36.1 Å². The molecular weight excluding hydrogens is 430 g/mol. The number of hydrogen-bond donors (Lipinski definition) is 2. The molecule has 32 heavy (non-hydrogen) atoms. The van der Waals surface area contributed by atoms with Crippen molar-refractivity contribution in [2.24, 2.45) is 11.7 Å². The van der Waals surface area contributed by atoms with E-state index in [4.69, 9.17) is 21.9 Å². The van der Waals surface area contributed by atoms with Crippen molar-refractivity contribution in [1.29, 1.82) is 0 Å². The summed E-state index contributed by atoms with van der Waals surface area (Å²) in [6, 6.07) is 7.78. The number of nitrogens with one attached hydrogen (secondary N) is 1. The zero-order valence-electron chi connectivity index (χ0n) is 17.9. The van der Waals surface area contributed by atoms with Crippen LogP contribution < -0.4 is 16.0 Å². The van der Waals surface area contributed by atoms with Crippen molar-refractivity contribution < 1.29 is 14.1 Å². The van der Waals surface area contributed by atoms with Gasteiger partial charge in [0.25, 0.3) is 0 Å². The van der Waals surface area contributed by atoms with Crippen molar-refractivity contribution in [1.82, 2.24) is 10.1 Å². The number of benzene rings is 1. The van der Waals surface area contributed by atoms with Crippen LogP contribution in [0.1, 0.15) is 43.7 Å². The first kappa shape index (κ1) is 20.8. The predicted octanol–water partition coefficient (Wildman–Crippen LogP) is 3.59. The summed E-state index contributed by atoms with van der Waals surface area (Å²) in [6.07, 6.45) is 2.60. The van der Waals surface area contributed by atoms with Gasteiger partial charge in [-0.1, -0.05) is 36.7 Å². The van der Waals surface area contributed by atoms with Crippen LogP contribution in [0.25, 0.3) is 11.0 Å². The quantitative estimate of drug-likeness (QED) is 0.589. The molecule has 3 aromatic rings. The third-order valence-electron chi connectivity index (χ3n) is 6.33. The molecule has 2 atom stereocenters. The summed E-state index contributed by atoms with van der Waals surface area (Å²) in [5.74, 6) is 1.06. The Kier molecular flexibility index (Phi) is 4.85. The third-order valence-corrected chi connectivity index (χ3v) is 6.54. The molecule has 2 aromatic heterocycles. The van der Waals surface area contributed by atoms with Gasteiger partial charge in [0.15, 0.2) is 11.4 Å². The van der Waals surface area contributed by atoms with E-state index < -0.39 is 0 Å². The van der Waals surface area contributed by atoms with E-state index in [2.05, 4.69) is 29.3 Å². The van der Waals surface area contributed by atoms with Crippen molar-refractivity contribution in [2.75, 3.05) is 23.3 Å². The van der Waals surface area contributed by atoms with Crippen LogP contribution in [-0.4, -0.2) is 35.0 Å². The highest BCUT2D eigenvalue weighted by Gasteiger charge is 2.49. The zero-order valence-corrected chi connectivity index (χ0v) is 18.6. The summed E-state index contributed by atoms with van der Waals surface area (Å²) in [5, 5.41) is 8.54. The maximum Gasteiger partial charge on any atom is 0.231 e. The van der Waals surface area contributed by atoms with Crippen LogP contribution in [0.15, 0.2) is 35.0 Å². The summed E-state index contributed by atoms with van der Waals surface area (Å²) in [4.78, 5) is 30.6. The molecule has 2 aliphatic rings. The van der Waals surface area contributed by atoms with Crippen LogP contribution in [0.5, 0.6) is 0 Å².